The summed E-state index contributed by atoms with van der Waals surface area (Å²) in [5, 5.41) is 6.68. The Labute approximate surface area is 134 Å². The molecule has 0 saturated carbocycles. The fraction of sp³-hybridized carbons (Fsp3) is 0.800. The lowest BCUT2D eigenvalue weighted by Gasteiger charge is -2.24. The molecule has 21 heavy (non-hydrogen) atoms. The average molecular weight is 359 g/mol. The van der Waals surface area contributed by atoms with Crippen molar-refractivity contribution in [3.8, 4) is 0 Å². The van der Waals surface area contributed by atoms with Gasteiger partial charge in [-0.1, -0.05) is 5.16 Å². The van der Waals surface area contributed by atoms with Gasteiger partial charge < -0.3 is 5.32 Å². The Kier molecular flexibility index (Phi) is 11.2. The molecule has 11 heteroatoms. The first-order valence-corrected chi connectivity index (χ1v) is 9.85. The minimum Gasteiger partial charge on any atom is -0.309 e. The van der Waals surface area contributed by atoms with Gasteiger partial charge in [0.2, 0.25) is 0 Å². The van der Waals surface area contributed by atoms with E-state index in [-0.39, 0.29) is 19.1 Å². The van der Waals surface area contributed by atoms with E-state index in [9.17, 15) is 9.36 Å². The summed E-state index contributed by atoms with van der Waals surface area (Å²) in [6.07, 6.45) is 1.14. The Morgan fingerprint density at radius 3 is 2.38 bits per heavy atom. The van der Waals surface area contributed by atoms with Crippen molar-refractivity contribution in [2.45, 2.75) is 20.8 Å². The van der Waals surface area contributed by atoms with Crippen molar-refractivity contribution in [2.75, 3.05) is 32.4 Å². The second-order valence-electron chi connectivity index (χ2n) is 3.41. The second-order valence-corrected chi connectivity index (χ2v) is 7.83. The van der Waals surface area contributed by atoms with Crippen molar-refractivity contribution in [3.05, 3.63) is 0 Å². The van der Waals surface area contributed by atoms with Crippen LogP contribution in [0.2, 0.25) is 0 Å². The quantitative estimate of drug-likeness (QED) is 0.128. The van der Waals surface area contributed by atoms with Gasteiger partial charge in [0.25, 0.3) is 0 Å². The SMILES string of the molecule is CCOP(=O)(OCC)N(C)SCNC(=O)O/N=C(\C)SC. The van der Waals surface area contributed by atoms with Crippen LogP contribution in [0.5, 0.6) is 0 Å². The molecule has 0 aliphatic rings. The molecule has 1 amide bonds. The number of nitrogens with one attached hydrogen (secondary N) is 1. The van der Waals surface area contributed by atoms with E-state index in [0.29, 0.717) is 5.04 Å². The maximum atomic E-state index is 12.3. The topological polar surface area (TPSA) is 89.5 Å². The summed E-state index contributed by atoms with van der Waals surface area (Å²) in [5.41, 5.74) is 0. The maximum Gasteiger partial charge on any atom is 0.434 e. The molecule has 0 aromatic heterocycles. The molecule has 0 fully saturated rings. The van der Waals surface area contributed by atoms with Crippen LogP contribution < -0.4 is 5.32 Å². The highest BCUT2D eigenvalue weighted by Crippen LogP contribution is 2.53. The molecule has 1 N–H and O–H groups in total. The van der Waals surface area contributed by atoms with E-state index in [4.69, 9.17) is 9.05 Å². The van der Waals surface area contributed by atoms with Gasteiger partial charge >= 0.3 is 13.8 Å². The first kappa shape index (κ1) is 20.8. The Bertz CT molecular complexity index is 387. The van der Waals surface area contributed by atoms with Crippen LogP contribution in [0.4, 0.5) is 4.79 Å². The minimum atomic E-state index is -3.33. The van der Waals surface area contributed by atoms with E-state index < -0.39 is 13.8 Å². The number of hydrogen-bond donors (Lipinski definition) is 1. The second kappa shape index (κ2) is 11.3. The van der Waals surface area contributed by atoms with Crippen molar-refractivity contribution >= 4 is 42.6 Å². The number of thioether (sulfide) groups is 1. The number of oxime groups is 1. The molecular formula is C10H22N3O5PS2. The fourth-order valence-corrected chi connectivity index (χ4v) is 3.51. The zero-order valence-corrected chi connectivity index (χ0v) is 15.3. The van der Waals surface area contributed by atoms with Crippen LogP contribution in [0.1, 0.15) is 20.8 Å². The van der Waals surface area contributed by atoms with Crippen molar-refractivity contribution in [3.63, 3.8) is 0 Å². The van der Waals surface area contributed by atoms with E-state index in [1.807, 2.05) is 6.26 Å². The van der Waals surface area contributed by atoms with E-state index in [1.54, 1.807) is 27.8 Å². The average Bonchev–Trinajstić information content (AvgIpc) is 2.45. The standard InChI is InChI=1S/C10H22N3O5PS2/c1-6-16-19(15,17-7-2)13(4)21-8-11-10(14)18-12-9(3)20-5/h6-8H2,1-5H3,(H,11,14)/b12-9+. The Balaban J connectivity index is 4.20. The lowest BCUT2D eigenvalue weighted by molar-refractivity contribution is 0.153. The Hall–Kier alpha value is -0.250. The molecule has 0 spiro atoms. The molecule has 0 aliphatic heterocycles. The minimum absolute atomic E-state index is 0.146. The summed E-state index contributed by atoms with van der Waals surface area (Å²) in [7, 11) is -1.76. The van der Waals surface area contributed by atoms with E-state index in [1.165, 1.54) is 15.8 Å². The van der Waals surface area contributed by atoms with Gasteiger partial charge in [-0.25, -0.2) is 9.36 Å². The molecule has 0 heterocycles. The van der Waals surface area contributed by atoms with Crippen LogP contribution in [-0.2, 0) is 18.5 Å². The Morgan fingerprint density at radius 2 is 1.90 bits per heavy atom. The van der Waals surface area contributed by atoms with Crippen LogP contribution in [0.25, 0.3) is 0 Å². The van der Waals surface area contributed by atoms with Gasteiger partial charge in [0.1, 0.15) is 5.04 Å². The molecule has 0 radical (unpaired) electrons. The predicted molar refractivity (Wildman–Crippen MR) is 87.3 cm³/mol. The first-order valence-electron chi connectivity index (χ1n) is 6.19. The van der Waals surface area contributed by atoms with Crippen LogP contribution in [0.15, 0.2) is 5.16 Å². The molecule has 0 bridgehead atoms. The molecule has 0 unspecified atom stereocenters. The molecule has 0 saturated heterocycles. The number of nitrogens with zero attached hydrogens (tertiary/aromatic N) is 2. The number of carbonyl (C=O) groups excluding carboxylic acids is 1. The van der Waals surface area contributed by atoms with Crippen LogP contribution >= 0.6 is 31.5 Å². The van der Waals surface area contributed by atoms with Crippen LogP contribution in [0, 0.1) is 0 Å². The maximum absolute atomic E-state index is 12.3. The molecule has 0 aromatic rings. The highest BCUT2D eigenvalue weighted by atomic mass is 32.2. The van der Waals surface area contributed by atoms with Crippen molar-refractivity contribution < 1.29 is 23.2 Å². The van der Waals surface area contributed by atoms with Gasteiger partial charge in [-0.15, -0.1) is 11.8 Å². The molecule has 0 aliphatic carbocycles. The summed E-state index contributed by atoms with van der Waals surface area (Å²) in [6, 6.07) is 0. The third-order valence-electron chi connectivity index (χ3n) is 1.95. The summed E-state index contributed by atoms with van der Waals surface area (Å²) >= 11 is 2.46. The lowest BCUT2D eigenvalue weighted by atomic mass is 10.9. The monoisotopic (exact) mass is 359 g/mol. The molecular weight excluding hydrogens is 337 g/mol. The summed E-state index contributed by atoms with van der Waals surface area (Å²) < 4.78 is 24.0. The smallest absolute Gasteiger partial charge is 0.309 e. The van der Waals surface area contributed by atoms with Gasteiger partial charge in [0.15, 0.2) is 0 Å². The number of amides is 1. The van der Waals surface area contributed by atoms with Gasteiger partial charge in [0, 0.05) is 7.05 Å². The third-order valence-corrected chi connectivity index (χ3v) is 6.07. The summed E-state index contributed by atoms with van der Waals surface area (Å²) in [6.45, 7) is 5.71. The summed E-state index contributed by atoms with van der Waals surface area (Å²) in [5.74, 6) is 0.146. The lowest BCUT2D eigenvalue weighted by Crippen LogP contribution is -2.25. The van der Waals surface area contributed by atoms with Gasteiger partial charge in [-0.3, -0.25) is 13.9 Å². The van der Waals surface area contributed by atoms with E-state index >= 15 is 0 Å². The zero-order valence-electron chi connectivity index (χ0n) is 12.8. The van der Waals surface area contributed by atoms with Crippen molar-refractivity contribution in [1.29, 1.82) is 0 Å². The van der Waals surface area contributed by atoms with Gasteiger partial charge in [0.05, 0.1) is 19.1 Å². The number of hydrogen-bond acceptors (Lipinski definition) is 8. The predicted octanol–water partition coefficient (Wildman–Crippen LogP) is 3.13. The highest BCUT2D eigenvalue weighted by molar-refractivity contribution is 8.13. The fourth-order valence-electron chi connectivity index (χ4n) is 0.957. The summed E-state index contributed by atoms with van der Waals surface area (Å²) in [4.78, 5) is 15.9. The van der Waals surface area contributed by atoms with Crippen LogP contribution in [0.3, 0.4) is 0 Å². The number of rotatable bonds is 9. The Morgan fingerprint density at radius 1 is 1.33 bits per heavy atom. The van der Waals surface area contributed by atoms with Crippen LogP contribution in [-0.4, -0.2) is 47.6 Å². The molecule has 124 valence electrons. The molecule has 0 rings (SSSR count). The zero-order chi connectivity index (χ0) is 16.3. The van der Waals surface area contributed by atoms with Crippen molar-refractivity contribution in [1.82, 2.24) is 9.39 Å². The highest BCUT2D eigenvalue weighted by Gasteiger charge is 2.30. The molecule has 0 aromatic carbocycles. The van der Waals surface area contributed by atoms with Gasteiger partial charge in [-0.05, 0) is 39.0 Å². The van der Waals surface area contributed by atoms with Gasteiger partial charge in [-0.2, -0.15) is 4.08 Å². The molecule has 8 nitrogen and oxygen atoms in total. The third kappa shape index (κ3) is 8.70. The normalized spacial score (nSPS) is 12.6. The van der Waals surface area contributed by atoms with E-state index in [0.717, 1.165) is 11.9 Å². The number of carbonyl (C=O) groups is 1. The van der Waals surface area contributed by atoms with Crippen molar-refractivity contribution in [2.24, 2.45) is 5.16 Å². The van der Waals surface area contributed by atoms with E-state index in [2.05, 4.69) is 15.3 Å². The molecule has 0 atom stereocenters. The first-order chi connectivity index (χ1) is 9.89. The largest absolute Gasteiger partial charge is 0.434 e.